The van der Waals surface area contributed by atoms with Gasteiger partial charge in [-0.2, -0.15) is 0 Å². The zero-order valence-electron chi connectivity index (χ0n) is 13.2. The van der Waals surface area contributed by atoms with Crippen LogP contribution in [0.2, 0.25) is 0 Å². The molecule has 0 saturated carbocycles. The van der Waals surface area contributed by atoms with E-state index in [1.807, 2.05) is 19.0 Å². The van der Waals surface area contributed by atoms with Gasteiger partial charge >= 0.3 is 0 Å². The van der Waals surface area contributed by atoms with Gasteiger partial charge in [-0.05, 0) is 32.9 Å². The molecule has 1 aromatic rings. The van der Waals surface area contributed by atoms with Crippen LogP contribution in [-0.2, 0) is 0 Å². The molecule has 1 saturated heterocycles. The van der Waals surface area contributed by atoms with Gasteiger partial charge < -0.3 is 15.1 Å². The zero-order chi connectivity index (χ0) is 15.2. The second-order valence-corrected chi connectivity index (χ2v) is 6.01. The second kappa shape index (κ2) is 7.36. The highest BCUT2D eigenvalue weighted by molar-refractivity contribution is 5.92. The van der Waals surface area contributed by atoms with Gasteiger partial charge in [0.2, 0.25) is 0 Å². The van der Waals surface area contributed by atoms with Crippen molar-refractivity contribution in [2.24, 2.45) is 5.92 Å². The van der Waals surface area contributed by atoms with Gasteiger partial charge in [0.25, 0.3) is 5.91 Å². The third-order valence-corrected chi connectivity index (χ3v) is 3.71. The Kier molecular flexibility index (Phi) is 5.50. The third-order valence-electron chi connectivity index (χ3n) is 3.71. The summed E-state index contributed by atoms with van der Waals surface area (Å²) in [5.74, 6) is 1.39. The van der Waals surface area contributed by atoms with Crippen molar-refractivity contribution in [3.8, 4) is 0 Å². The topological polar surface area (TPSA) is 61.4 Å². The quantitative estimate of drug-likeness (QED) is 0.877. The number of carbonyl (C=O) groups excluding carboxylic acids is 1. The first-order valence-corrected chi connectivity index (χ1v) is 7.56. The highest BCUT2D eigenvalue weighted by Crippen LogP contribution is 2.21. The van der Waals surface area contributed by atoms with Gasteiger partial charge in [-0.25, -0.2) is 9.97 Å². The molecular formula is C15H25N5O. The van der Waals surface area contributed by atoms with Crippen LogP contribution >= 0.6 is 0 Å². The summed E-state index contributed by atoms with van der Waals surface area (Å²) < 4.78 is 0. The summed E-state index contributed by atoms with van der Waals surface area (Å²) in [6, 6.07) is 1.79. The largest absolute Gasteiger partial charge is 0.356 e. The summed E-state index contributed by atoms with van der Waals surface area (Å²) >= 11 is 0. The lowest BCUT2D eigenvalue weighted by atomic mass is 10.0. The minimum atomic E-state index is -0.134. The number of nitrogens with one attached hydrogen (secondary N) is 1. The van der Waals surface area contributed by atoms with Crippen LogP contribution in [0, 0.1) is 5.92 Å². The average molecular weight is 291 g/mol. The number of hydrogen-bond acceptors (Lipinski definition) is 5. The van der Waals surface area contributed by atoms with Crippen LogP contribution in [-0.4, -0.2) is 61.0 Å². The van der Waals surface area contributed by atoms with Gasteiger partial charge in [0, 0.05) is 32.2 Å². The molecule has 0 aliphatic carbocycles. The third kappa shape index (κ3) is 4.67. The number of aromatic nitrogens is 2. The second-order valence-electron chi connectivity index (χ2n) is 6.01. The fourth-order valence-electron chi connectivity index (χ4n) is 2.53. The molecule has 116 valence electrons. The maximum absolute atomic E-state index is 12.1. The molecule has 0 radical (unpaired) electrons. The number of likely N-dealkylation sites (N-methyl/N-ethyl adjacent to an activating group) is 1. The highest BCUT2D eigenvalue weighted by Gasteiger charge is 2.19. The van der Waals surface area contributed by atoms with E-state index < -0.39 is 0 Å². The first kappa shape index (κ1) is 15.7. The Labute approximate surface area is 126 Å². The molecule has 6 nitrogen and oxygen atoms in total. The SMILES string of the molecule is CC1CCCN(c2cc(C(=O)NCCN(C)C)ncn2)C1. The standard InChI is InChI=1S/C15H25N5O/c1-12-5-4-7-20(10-12)14-9-13(17-11-18-14)15(21)16-6-8-19(2)3/h9,11-12H,4-8,10H2,1-3H3,(H,16,21). The Balaban J connectivity index is 1.98. The van der Waals surface area contributed by atoms with Crippen LogP contribution in [0.25, 0.3) is 0 Å². The number of anilines is 1. The number of nitrogens with zero attached hydrogens (tertiary/aromatic N) is 4. The van der Waals surface area contributed by atoms with Gasteiger partial charge in [-0.1, -0.05) is 6.92 Å². The molecular weight excluding hydrogens is 266 g/mol. The summed E-state index contributed by atoms with van der Waals surface area (Å²) in [6.45, 7) is 5.68. The highest BCUT2D eigenvalue weighted by atomic mass is 16.1. The molecule has 1 aromatic heterocycles. The normalized spacial score (nSPS) is 18.9. The summed E-state index contributed by atoms with van der Waals surface area (Å²) in [5.41, 5.74) is 0.442. The molecule has 2 heterocycles. The van der Waals surface area contributed by atoms with E-state index in [0.29, 0.717) is 18.2 Å². The van der Waals surface area contributed by atoms with Crippen LogP contribution in [0.15, 0.2) is 12.4 Å². The number of piperidine rings is 1. The van der Waals surface area contributed by atoms with E-state index in [2.05, 4.69) is 27.1 Å². The molecule has 2 rings (SSSR count). The van der Waals surface area contributed by atoms with E-state index in [-0.39, 0.29) is 5.91 Å². The predicted molar refractivity (Wildman–Crippen MR) is 83.5 cm³/mol. The lowest BCUT2D eigenvalue weighted by molar-refractivity contribution is 0.0946. The van der Waals surface area contributed by atoms with E-state index in [4.69, 9.17) is 0 Å². The van der Waals surface area contributed by atoms with Crippen molar-refractivity contribution in [1.82, 2.24) is 20.2 Å². The molecule has 0 spiro atoms. The molecule has 1 unspecified atom stereocenters. The minimum absolute atomic E-state index is 0.134. The smallest absolute Gasteiger partial charge is 0.270 e. The molecule has 1 fully saturated rings. The van der Waals surface area contributed by atoms with E-state index >= 15 is 0 Å². The summed E-state index contributed by atoms with van der Waals surface area (Å²) in [4.78, 5) is 24.8. The fraction of sp³-hybridized carbons (Fsp3) is 0.667. The van der Waals surface area contributed by atoms with Gasteiger partial charge in [0.15, 0.2) is 0 Å². The van der Waals surface area contributed by atoms with Crippen molar-refractivity contribution >= 4 is 11.7 Å². The molecule has 0 aromatic carbocycles. The maximum Gasteiger partial charge on any atom is 0.270 e. The average Bonchev–Trinajstić information content (AvgIpc) is 2.47. The summed E-state index contributed by atoms with van der Waals surface area (Å²) in [7, 11) is 3.96. The Hall–Kier alpha value is -1.69. The molecule has 21 heavy (non-hydrogen) atoms. The van der Waals surface area contributed by atoms with Gasteiger partial charge in [0.05, 0.1) is 0 Å². The first-order chi connectivity index (χ1) is 10.1. The monoisotopic (exact) mass is 291 g/mol. The lowest BCUT2D eigenvalue weighted by Crippen LogP contribution is -2.35. The van der Waals surface area contributed by atoms with E-state index in [1.54, 1.807) is 6.07 Å². The van der Waals surface area contributed by atoms with Crippen LogP contribution < -0.4 is 10.2 Å². The van der Waals surface area contributed by atoms with E-state index in [9.17, 15) is 4.79 Å². The van der Waals surface area contributed by atoms with Crippen molar-refractivity contribution < 1.29 is 4.79 Å². The number of hydrogen-bond donors (Lipinski definition) is 1. The van der Waals surface area contributed by atoms with Gasteiger partial charge in [-0.3, -0.25) is 4.79 Å². The maximum atomic E-state index is 12.1. The van der Waals surface area contributed by atoms with Crippen molar-refractivity contribution in [3.63, 3.8) is 0 Å². The van der Waals surface area contributed by atoms with Crippen molar-refractivity contribution in [2.75, 3.05) is 45.2 Å². The van der Waals surface area contributed by atoms with Crippen LogP contribution in [0.3, 0.4) is 0 Å². The number of rotatable bonds is 5. The van der Waals surface area contributed by atoms with E-state index in [0.717, 1.165) is 25.5 Å². The lowest BCUT2D eigenvalue weighted by Gasteiger charge is -2.31. The Morgan fingerprint density at radius 1 is 1.48 bits per heavy atom. The Morgan fingerprint density at radius 3 is 3.00 bits per heavy atom. The number of amides is 1. The first-order valence-electron chi connectivity index (χ1n) is 7.56. The van der Waals surface area contributed by atoms with Crippen molar-refractivity contribution in [1.29, 1.82) is 0 Å². The molecule has 1 aliphatic rings. The van der Waals surface area contributed by atoms with Crippen LogP contribution in [0.4, 0.5) is 5.82 Å². The Bertz CT molecular complexity index is 477. The molecule has 1 atom stereocenters. The molecule has 6 heteroatoms. The van der Waals surface area contributed by atoms with Crippen LogP contribution in [0.5, 0.6) is 0 Å². The Morgan fingerprint density at radius 2 is 2.29 bits per heavy atom. The summed E-state index contributed by atoms with van der Waals surface area (Å²) in [5, 5.41) is 2.88. The minimum Gasteiger partial charge on any atom is -0.356 e. The van der Waals surface area contributed by atoms with Crippen molar-refractivity contribution in [3.05, 3.63) is 18.1 Å². The zero-order valence-corrected chi connectivity index (χ0v) is 13.2. The predicted octanol–water partition coefficient (Wildman–Crippen LogP) is 1.00. The summed E-state index contributed by atoms with van der Waals surface area (Å²) in [6.07, 6.45) is 3.92. The molecule has 1 aliphatic heterocycles. The number of carbonyl (C=O) groups is 1. The van der Waals surface area contributed by atoms with Crippen molar-refractivity contribution in [2.45, 2.75) is 19.8 Å². The molecule has 1 amide bonds. The van der Waals surface area contributed by atoms with Crippen LogP contribution in [0.1, 0.15) is 30.3 Å². The fourth-order valence-corrected chi connectivity index (χ4v) is 2.53. The van der Waals surface area contributed by atoms with Gasteiger partial charge in [-0.15, -0.1) is 0 Å². The molecule has 0 bridgehead atoms. The molecule has 1 N–H and O–H groups in total. The van der Waals surface area contributed by atoms with Gasteiger partial charge in [0.1, 0.15) is 17.8 Å². The van der Waals surface area contributed by atoms with E-state index in [1.165, 1.54) is 19.2 Å².